The molecule has 1 saturated carbocycles. The lowest BCUT2D eigenvalue weighted by molar-refractivity contribution is -0.568. The van der Waals surface area contributed by atoms with E-state index in [1.54, 1.807) is 12.1 Å². The van der Waals surface area contributed by atoms with Crippen LogP contribution < -0.4 is 0 Å². The largest absolute Gasteiger partial charge is 0.377 e. The summed E-state index contributed by atoms with van der Waals surface area (Å²) in [5.41, 5.74) is 0.690. The molecule has 0 amide bonds. The molecular formula is C28H41FO5S. The zero-order valence-electron chi connectivity index (χ0n) is 21.4. The third kappa shape index (κ3) is 5.32. The van der Waals surface area contributed by atoms with Gasteiger partial charge in [0.25, 0.3) is 0 Å². The van der Waals surface area contributed by atoms with Gasteiger partial charge in [0.2, 0.25) is 5.79 Å². The molecule has 8 atom stereocenters. The summed E-state index contributed by atoms with van der Waals surface area (Å²) in [6.45, 7) is 7.98. The molecule has 5 fully saturated rings. The van der Waals surface area contributed by atoms with Gasteiger partial charge in [-0.2, -0.15) is 0 Å². The third-order valence-corrected chi connectivity index (χ3v) is 10.1. The molecule has 1 aromatic carbocycles. The summed E-state index contributed by atoms with van der Waals surface area (Å²) in [5, 5.41) is 0. The first-order valence-corrected chi connectivity index (χ1v) is 14.6. The van der Waals surface area contributed by atoms with Crippen molar-refractivity contribution in [3.63, 3.8) is 0 Å². The van der Waals surface area contributed by atoms with Crippen molar-refractivity contribution in [2.24, 2.45) is 23.7 Å². The molecule has 7 heteroatoms. The summed E-state index contributed by atoms with van der Waals surface area (Å²) in [4.78, 5) is 12.2. The van der Waals surface area contributed by atoms with E-state index in [2.05, 4.69) is 13.8 Å². The molecule has 1 aliphatic carbocycles. The van der Waals surface area contributed by atoms with E-state index in [-0.39, 0.29) is 17.5 Å². The van der Waals surface area contributed by atoms with Crippen LogP contribution in [-0.4, -0.2) is 35.5 Å². The lowest BCUT2D eigenvalue weighted by atomic mass is 9.58. The number of hydrogen-bond donors (Lipinski definition) is 0. The Morgan fingerprint density at radius 2 is 1.80 bits per heavy atom. The van der Waals surface area contributed by atoms with Crippen LogP contribution in [0.3, 0.4) is 0 Å². The number of hydrogen-bond acceptors (Lipinski definition) is 6. The van der Waals surface area contributed by atoms with Gasteiger partial charge in [-0.25, -0.2) is 14.2 Å². The van der Waals surface area contributed by atoms with E-state index in [4.69, 9.17) is 24.0 Å². The first-order chi connectivity index (χ1) is 16.9. The van der Waals surface area contributed by atoms with Gasteiger partial charge in [-0.1, -0.05) is 38.8 Å². The van der Waals surface area contributed by atoms with Crippen LogP contribution in [0.1, 0.15) is 77.7 Å². The van der Waals surface area contributed by atoms with Gasteiger partial charge in [-0.15, -0.1) is 11.8 Å². The van der Waals surface area contributed by atoms with Gasteiger partial charge < -0.3 is 14.2 Å². The second kappa shape index (κ2) is 11.0. The van der Waals surface area contributed by atoms with Crippen molar-refractivity contribution in [3.05, 3.63) is 35.6 Å². The highest BCUT2D eigenvalue weighted by molar-refractivity contribution is 7.99. The third-order valence-electron chi connectivity index (χ3n) is 8.74. The number of ether oxygens (including phenoxy) is 3. The molecule has 0 unspecified atom stereocenters. The minimum absolute atomic E-state index is 0.135. The molecule has 6 rings (SSSR count). The fraction of sp³-hybridized carbons (Fsp3) is 0.786. The van der Waals surface area contributed by atoms with Crippen molar-refractivity contribution in [2.75, 3.05) is 12.4 Å². The molecule has 4 heterocycles. The van der Waals surface area contributed by atoms with Crippen LogP contribution in [-0.2, 0) is 30.6 Å². The van der Waals surface area contributed by atoms with Gasteiger partial charge in [0.05, 0.1) is 6.61 Å². The zero-order chi connectivity index (χ0) is 24.5. The highest BCUT2D eigenvalue weighted by Crippen LogP contribution is 2.61. The number of rotatable bonds is 10. The van der Waals surface area contributed by atoms with Crippen LogP contribution in [0.4, 0.5) is 4.39 Å². The summed E-state index contributed by atoms with van der Waals surface area (Å²) >= 11 is 1.94. The van der Waals surface area contributed by atoms with Gasteiger partial charge in [-0.3, -0.25) is 0 Å². The Kier molecular flexibility index (Phi) is 8.12. The molecule has 196 valence electrons. The maximum absolute atomic E-state index is 13.0. The predicted molar refractivity (Wildman–Crippen MR) is 134 cm³/mol. The molecule has 0 radical (unpaired) electrons. The molecule has 4 aliphatic heterocycles. The second-order valence-electron chi connectivity index (χ2n) is 11.2. The van der Waals surface area contributed by atoms with Crippen molar-refractivity contribution in [3.8, 4) is 0 Å². The summed E-state index contributed by atoms with van der Waals surface area (Å²) in [7, 11) is 0. The number of fused-ring (bicyclic) bond motifs is 2. The monoisotopic (exact) mass is 508 g/mol. The minimum Gasteiger partial charge on any atom is -0.377 e. The SMILES string of the molecule is C[C@H]1[C@H](SCCCCCCOCc2ccc(F)cc2)O[C@@H]2O[C@]3(C)CC[C@H]4[C@H](C)CC[C@@H]1[C@@]24OO3. The van der Waals surface area contributed by atoms with Gasteiger partial charge in [-0.05, 0) is 80.2 Å². The van der Waals surface area contributed by atoms with Crippen LogP contribution in [0.15, 0.2) is 24.3 Å². The Bertz CT molecular complexity index is 839. The molecule has 5 nitrogen and oxygen atoms in total. The molecule has 1 spiro atoms. The maximum Gasteiger partial charge on any atom is 0.201 e. The van der Waals surface area contributed by atoms with Gasteiger partial charge in [0.15, 0.2) is 11.9 Å². The van der Waals surface area contributed by atoms with Gasteiger partial charge >= 0.3 is 0 Å². The summed E-state index contributed by atoms with van der Waals surface area (Å²) < 4.78 is 31.8. The second-order valence-corrected chi connectivity index (χ2v) is 12.4. The standard InChI is InChI=1S/C28H41FO5S/c1-19-8-13-24-20(2)25(31-26-28(24)23(19)14-15-27(3,32-26)33-34-28)35-17-7-5-4-6-16-30-18-21-9-11-22(29)12-10-21/h9-12,19-20,23-26H,4-8,13-18H2,1-3H3/t19-,20-,23+,24+,25+,26-,27+,28-/m1/s1. The maximum atomic E-state index is 13.0. The van der Waals surface area contributed by atoms with E-state index in [1.807, 2.05) is 18.7 Å². The Morgan fingerprint density at radius 3 is 2.63 bits per heavy atom. The number of halogens is 1. The van der Waals surface area contributed by atoms with Crippen LogP contribution in [0, 0.1) is 29.5 Å². The minimum atomic E-state index is -0.702. The number of unbranched alkanes of at least 4 members (excludes halogenated alkanes) is 3. The van der Waals surface area contributed by atoms with Crippen LogP contribution in [0.25, 0.3) is 0 Å². The Hall–Kier alpha value is -0.700. The lowest BCUT2D eigenvalue weighted by Crippen LogP contribution is -2.70. The van der Waals surface area contributed by atoms with Gasteiger partial charge in [0.1, 0.15) is 11.3 Å². The molecule has 0 N–H and O–H groups in total. The molecule has 4 saturated heterocycles. The first kappa shape index (κ1) is 25.9. The quantitative estimate of drug-likeness (QED) is 0.255. The number of thioether (sulfide) groups is 1. The van der Waals surface area contributed by atoms with Crippen molar-refractivity contribution >= 4 is 11.8 Å². The van der Waals surface area contributed by atoms with E-state index >= 15 is 0 Å². The summed E-state index contributed by atoms with van der Waals surface area (Å²) in [6, 6.07) is 6.52. The predicted octanol–water partition coefficient (Wildman–Crippen LogP) is 6.84. The van der Waals surface area contributed by atoms with E-state index in [1.165, 1.54) is 31.4 Å². The van der Waals surface area contributed by atoms with E-state index in [0.29, 0.717) is 30.3 Å². The van der Waals surface area contributed by atoms with Gasteiger partial charge in [0, 0.05) is 18.9 Å². The average molecular weight is 509 g/mol. The molecule has 0 aromatic heterocycles. The fourth-order valence-corrected chi connectivity index (χ4v) is 7.97. The lowest BCUT2D eigenvalue weighted by Gasteiger charge is -2.60. The summed E-state index contributed by atoms with van der Waals surface area (Å²) in [6.07, 6.45) is 8.56. The normalized spacial score (nSPS) is 40.3. The molecule has 35 heavy (non-hydrogen) atoms. The molecular weight excluding hydrogens is 467 g/mol. The van der Waals surface area contributed by atoms with E-state index in [0.717, 1.165) is 50.0 Å². The Labute approximate surface area is 213 Å². The smallest absolute Gasteiger partial charge is 0.201 e. The van der Waals surface area contributed by atoms with Crippen molar-refractivity contribution in [2.45, 2.75) is 102 Å². The molecule has 1 aromatic rings. The molecule has 2 bridgehead atoms. The number of benzene rings is 1. The van der Waals surface area contributed by atoms with Crippen LogP contribution >= 0.6 is 11.8 Å². The van der Waals surface area contributed by atoms with Crippen LogP contribution in [0.5, 0.6) is 0 Å². The summed E-state index contributed by atoms with van der Waals surface area (Å²) in [5.74, 6) is 2.01. The highest BCUT2D eigenvalue weighted by Gasteiger charge is 2.69. The topological polar surface area (TPSA) is 46.2 Å². The van der Waals surface area contributed by atoms with Crippen molar-refractivity contribution in [1.29, 1.82) is 0 Å². The molecule has 5 aliphatic rings. The fourth-order valence-electron chi connectivity index (χ4n) is 6.69. The Balaban J connectivity index is 1.05. The van der Waals surface area contributed by atoms with Crippen molar-refractivity contribution in [1.82, 2.24) is 0 Å². The Morgan fingerprint density at radius 1 is 1.00 bits per heavy atom. The van der Waals surface area contributed by atoms with Crippen molar-refractivity contribution < 1.29 is 28.4 Å². The first-order valence-electron chi connectivity index (χ1n) is 13.6. The highest BCUT2D eigenvalue weighted by atomic mass is 32.2. The van der Waals surface area contributed by atoms with Crippen LogP contribution in [0.2, 0.25) is 0 Å². The zero-order valence-corrected chi connectivity index (χ0v) is 22.2. The average Bonchev–Trinajstić information content (AvgIpc) is 3.08. The van der Waals surface area contributed by atoms with E-state index in [9.17, 15) is 4.39 Å². The van der Waals surface area contributed by atoms with E-state index < -0.39 is 11.4 Å².